The van der Waals surface area contributed by atoms with Crippen LogP contribution in [0.5, 0.6) is 5.75 Å². The van der Waals surface area contributed by atoms with Gasteiger partial charge in [0.1, 0.15) is 5.82 Å². The molecule has 0 unspecified atom stereocenters. The molecule has 0 fully saturated rings. The van der Waals surface area contributed by atoms with Crippen LogP contribution in [0.3, 0.4) is 0 Å². The molecule has 0 spiro atoms. The van der Waals surface area contributed by atoms with Crippen LogP contribution >= 0.6 is 0 Å². The molecule has 5 heteroatoms. The van der Waals surface area contributed by atoms with Gasteiger partial charge in [-0.3, -0.25) is 9.98 Å². The number of aromatic hydroxyl groups is 1. The number of hydrogen-bond donors (Lipinski definition) is 1. The first-order valence-corrected chi connectivity index (χ1v) is 6.21. The first kappa shape index (κ1) is 13.2. The van der Waals surface area contributed by atoms with Gasteiger partial charge in [-0.15, -0.1) is 0 Å². The average molecular weight is 284 g/mol. The minimum Gasteiger partial charge on any atom is -0.504 e. The van der Waals surface area contributed by atoms with Crippen LogP contribution in [-0.2, 0) is 0 Å². The molecule has 2 aromatic carbocycles. The number of nitrogens with zero attached hydrogens (tertiary/aromatic N) is 2. The third kappa shape index (κ3) is 2.58. The molecular formula is C16H10F2N2O. The van der Waals surface area contributed by atoms with Crippen LogP contribution in [0.1, 0.15) is 5.56 Å². The molecule has 21 heavy (non-hydrogen) atoms. The van der Waals surface area contributed by atoms with Gasteiger partial charge in [-0.2, -0.15) is 0 Å². The van der Waals surface area contributed by atoms with Crippen LogP contribution in [0.4, 0.5) is 14.5 Å². The number of aliphatic imine (C=N–C) groups is 1. The van der Waals surface area contributed by atoms with E-state index in [1.807, 2.05) is 24.3 Å². The minimum absolute atomic E-state index is 0.0274. The van der Waals surface area contributed by atoms with Crippen molar-refractivity contribution in [3.63, 3.8) is 0 Å². The fourth-order valence-electron chi connectivity index (χ4n) is 2.02. The summed E-state index contributed by atoms with van der Waals surface area (Å²) in [5, 5.41) is 10.5. The quantitative estimate of drug-likeness (QED) is 0.724. The van der Waals surface area contributed by atoms with Crippen molar-refractivity contribution in [1.82, 2.24) is 4.98 Å². The maximum atomic E-state index is 13.3. The number of halogens is 2. The van der Waals surface area contributed by atoms with Crippen molar-refractivity contribution in [2.24, 2.45) is 4.99 Å². The van der Waals surface area contributed by atoms with Crippen LogP contribution in [0.15, 0.2) is 53.7 Å². The van der Waals surface area contributed by atoms with Gasteiger partial charge >= 0.3 is 0 Å². The molecule has 3 nitrogen and oxygen atoms in total. The minimum atomic E-state index is -1.02. The number of phenolic OH excluding ortho intramolecular Hbond substituents is 1. The highest BCUT2D eigenvalue weighted by Crippen LogP contribution is 2.25. The van der Waals surface area contributed by atoms with Crippen molar-refractivity contribution in [3.05, 3.63) is 65.9 Å². The molecule has 0 aliphatic rings. The van der Waals surface area contributed by atoms with Gasteiger partial charge < -0.3 is 5.11 Å². The van der Waals surface area contributed by atoms with Crippen LogP contribution < -0.4 is 0 Å². The molecule has 1 N–H and O–H groups in total. The summed E-state index contributed by atoms with van der Waals surface area (Å²) in [6, 6.07) is 10.8. The van der Waals surface area contributed by atoms with Gasteiger partial charge in [-0.25, -0.2) is 8.78 Å². The highest BCUT2D eigenvalue weighted by Gasteiger charge is 2.08. The topological polar surface area (TPSA) is 45.5 Å². The number of para-hydroxylation sites is 1. The lowest BCUT2D eigenvalue weighted by molar-refractivity contribution is 0.427. The fourth-order valence-corrected chi connectivity index (χ4v) is 2.02. The zero-order valence-electron chi connectivity index (χ0n) is 10.8. The van der Waals surface area contributed by atoms with E-state index in [1.54, 1.807) is 12.3 Å². The van der Waals surface area contributed by atoms with Crippen LogP contribution in [0, 0.1) is 11.6 Å². The molecule has 1 heterocycles. The van der Waals surface area contributed by atoms with Crippen molar-refractivity contribution >= 4 is 22.8 Å². The fraction of sp³-hybridized carbons (Fsp3) is 0. The SMILES string of the molecule is Oc1c(F)cc(F)cc1C=Nc1cccc2cccnc12. The summed E-state index contributed by atoms with van der Waals surface area (Å²) in [6.45, 7) is 0. The molecule has 0 bridgehead atoms. The average Bonchev–Trinajstić information content (AvgIpc) is 2.49. The molecule has 104 valence electrons. The molecule has 0 amide bonds. The summed E-state index contributed by atoms with van der Waals surface area (Å²) in [5.74, 6) is -2.43. The second kappa shape index (κ2) is 5.28. The second-order valence-electron chi connectivity index (χ2n) is 4.44. The highest BCUT2D eigenvalue weighted by atomic mass is 19.1. The van der Waals surface area contributed by atoms with Gasteiger partial charge in [0.25, 0.3) is 0 Å². The Bertz CT molecular complexity index is 842. The van der Waals surface area contributed by atoms with Gasteiger partial charge in [0.05, 0.1) is 11.2 Å². The molecule has 0 atom stereocenters. The maximum Gasteiger partial charge on any atom is 0.168 e. The number of phenols is 1. The summed E-state index contributed by atoms with van der Waals surface area (Å²) in [4.78, 5) is 8.39. The van der Waals surface area contributed by atoms with Gasteiger partial charge in [0.15, 0.2) is 11.6 Å². The van der Waals surface area contributed by atoms with Gasteiger partial charge in [0.2, 0.25) is 0 Å². The molecule has 0 aliphatic heterocycles. The molecule has 3 rings (SSSR count). The third-order valence-electron chi connectivity index (χ3n) is 3.01. The number of pyridine rings is 1. The summed E-state index contributed by atoms with van der Waals surface area (Å²) < 4.78 is 26.4. The Morgan fingerprint density at radius 2 is 1.90 bits per heavy atom. The number of hydrogen-bond acceptors (Lipinski definition) is 3. The summed E-state index contributed by atoms with van der Waals surface area (Å²) in [7, 11) is 0. The van der Waals surface area contributed by atoms with E-state index in [0.717, 1.165) is 11.5 Å². The number of rotatable bonds is 2. The third-order valence-corrected chi connectivity index (χ3v) is 3.01. The summed E-state index contributed by atoms with van der Waals surface area (Å²) in [6.07, 6.45) is 2.85. The van der Waals surface area contributed by atoms with Gasteiger partial charge in [-0.05, 0) is 18.2 Å². The normalized spacial score (nSPS) is 11.3. The largest absolute Gasteiger partial charge is 0.504 e. The Labute approximate surface area is 119 Å². The molecule has 1 aromatic heterocycles. The van der Waals surface area contributed by atoms with Crippen LogP contribution in [0.25, 0.3) is 10.9 Å². The summed E-state index contributed by atoms with van der Waals surface area (Å²) >= 11 is 0. The van der Waals surface area contributed by atoms with Crippen molar-refractivity contribution in [2.45, 2.75) is 0 Å². The molecule has 0 saturated carbocycles. The van der Waals surface area contributed by atoms with E-state index in [9.17, 15) is 13.9 Å². The smallest absolute Gasteiger partial charge is 0.168 e. The van der Waals surface area contributed by atoms with E-state index in [2.05, 4.69) is 9.98 Å². The molecule has 0 radical (unpaired) electrons. The van der Waals surface area contributed by atoms with Gasteiger partial charge in [0, 0.05) is 29.4 Å². The highest BCUT2D eigenvalue weighted by molar-refractivity contribution is 5.93. The van der Waals surface area contributed by atoms with E-state index in [1.165, 1.54) is 6.21 Å². The standard InChI is InChI=1S/C16H10F2N2O/c17-12-7-11(16(21)13(18)8-12)9-20-14-5-1-3-10-4-2-6-19-15(10)14/h1-9,21H. The van der Waals surface area contributed by atoms with Crippen molar-refractivity contribution in [2.75, 3.05) is 0 Å². The predicted octanol–water partition coefficient (Wildman–Crippen LogP) is 3.97. The zero-order chi connectivity index (χ0) is 14.8. The molecular weight excluding hydrogens is 274 g/mol. The Kier molecular flexibility index (Phi) is 3.31. The monoisotopic (exact) mass is 284 g/mol. The van der Waals surface area contributed by atoms with Crippen molar-refractivity contribution in [1.29, 1.82) is 0 Å². The zero-order valence-corrected chi connectivity index (χ0v) is 10.8. The van der Waals surface area contributed by atoms with Crippen molar-refractivity contribution in [3.8, 4) is 5.75 Å². The molecule has 0 saturated heterocycles. The Balaban J connectivity index is 2.06. The first-order chi connectivity index (χ1) is 10.1. The maximum absolute atomic E-state index is 13.3. The molecule has 0 aliphatic carbocycles. The van der Waals surface area contributed by atoms with E-state index in [0.29, 0.717) is 17.3 Å². The van der Waals surface area contributed by atoms with E-state index >= 15 is 0 Å². The predicted molar refractivity (Wildman–Crippen MR) is 77.0 cm³/mol. The lowest BCUT2D eigenvalue weighted by Gasteiger charge is -2.02. The van der Waals surface area contributed by atoms with Gasteiger partial charge in [-0.1, -0.05) is 18.2 Å². The first-order valence-electron chi connectivity index (χ1n) is 6.21. The number of benzene rings is 2. The second-order valence-corrected chi connectivity index (χ2v) is 4.44. The van der Waals surface area contributed by atoms with Crippen molar-refractivity contribution < 1.29 is 13.9 Å². The summed E-state index contributed by atoms with van der Waals surface area (Å²) in [5.41, 5.74) is 1.20. The van der Waals surface area contributed by atoms with E-state index in [-0.39, 0.29) is 5.56 Å². The Morgan fingerprint density at radius 1 is 1.10 bits per heavy atom. The van der Waals surface area contributed by atoms with Crippen LogP contribution in [0.2, 0.25) is 0 Å². The lowest BCUT2D eigenvalue weighted by atomic mass is 10.2. The molecule has 3 aromatic rings. The number of fused-ring (bicyclic) bond motifs is 1. The lowest BCUT2D eigenvalue weighted by Crippen LogP contribution is -1.89. The van der Waals surface area contributed by atoms with E-state index < -0.39 is 17.4 Å². The van der Waals surface area contributed by atoms with Crippen LogP contribution in [-0.4, -0.2) is 16.3 Å². The van der Waals surface area contributed by atoms with E-state index in [4.69, 9.17) is 0 Å². The Hall–Kier alpha value is -2.82. The number of aromatic nitrogens is 1. The Morgan fingerprint density at radius 3 is 2.76 bits per heavy atom.